The molecule has 1 saturated heterocycles. The van der Waals surface area contributed by atoms with Crippen molar-refractivity contribution in [2.24, 2.45) is 0 Å². The standard InChI is InChI=1S/C12H8ClFN2O4S/c13-7-1-2-9(8(14)5-7)16-11(17)10-6-21(19,20)4-3-15(10)12(16)18/h1-2,5-6H,3-4H2. The molecule has 0 aromatic heterocycles. The highest BCUT2D eigenvalue weighted by Crippen LogP contribution is 2.32. The summed E-state index contributed by atoms with van der Waals surface area (Å²) in [6.45, 7) is -0.134. The number of fused-ring (bicyclic) bond motifs is 1. The van der Waals surface area contributed by atoms with Crippen molar-refractivity contribution in [3.8, 4) is 0 Å². The van der Waals surface area contributed by atoms with Gasteiger partial charge in [-0.2, -0.15) is 0 Å². The first-order chi connectivity index (χ1) is 9.80. The molecule has 9 heteroatoms. The number of hydrogen-bond acceptors (Lipinski definition) is 4. The van der Waals surface area contributed by atoms with Gasteiger partial charge in [-0.15, -0.1) is 0 Å². The maximum Gasteiger partial charge on any atom is 0.336 e. The maximum absolute atomic E-state index is 13.9. The number of halogens is 2. The largest absolute Gasteiger partial charge is 0.336 e. The van der Waals surface area contributed by atoms with Gasteiger partial charge in [0.05, 0.1) is 16.8 Å². The van der Waals surface area contributed by atoms with Gasteiger partial charge in [-0.1, -0.05) is 11.6 Å². The summed E-state index contributed by atoms with van der Waals surface area (Å²) in [5, 5.41) is 0.875. The summed E-state index contributed by atoms with van der Waals surface area (Å²) in [7, 11) is -3.53. The van der Waals surface area contributed by atoms with Gasteiger partial charge in [0.1, 0.15) is 11.5 Å². The zero-order chi connectivity index (χ0) is 15.4. The molecule has 2 aliphatic heterocycles. The van der Waals surface area contributed by atoms with Crippen LogP contribution < -0.4 is 4.90 Å². The van der Waals surface area contributed by atoms with E-state index >= 15 is 0 Å². The molecule has 0 bridgehead atoms. The number of urea groups is 1. The van der Waals surface area contributed by atoms with E-state index in [0.717, 1.165) is 16.4 Å². The fourth-order valence-electron chi connectivity index (χ4n) is 2.19. The van der Waals surface area contributed by atoms with Crippen LogP contribution in [0.1, 0.15) is 0 Å². The Kier molecular flexibility index (Phi) is 3.03. The highest BCUT2D eigenvalue weighted by molar-refractivity contribution is 7.94. The van der Waals surface area contributed by atoms with E-state index in [1.807, 2.05) is 0 Å². The van der Waals surface area contributed by atoms with Gasteiger partial charge in [0.2, 0.25) is 0 Å². The summed E-state index contributed by atoms with van der Waals surface area (Å²) in [4.78, 5) is 26.0. The molecular weight excluding hydrogens is 323 g/mol. The van der Waals surface area contributed by atoms with Gasteiger partial charge in [-0.25, -0.2) is 22.5 Å². The Hall–Kier alpha value is -1.93. The van der Waals surface area contributed by atoms with Crippen LogP contribution in [0.4, 0.5) is 14.9 Å². The number of carbonyl (C=O) groups excluding carboxylic acids is 2. The van der Waals surface area contributed by atoms with Gasteiger partial charge in [-0.3, -0.25) is 9.69 Å². The molecule has 1 aromatic rings. The van der Waals surface area contributed by atoms with Crippen molar-refractivity contribution < 1.29 is 22.4 Å². The third kappa shape index (κ3) is 2.20. The van der Waals surface area contributed by atoms with Gasteiger partial charge >= 0.3 is 6.03 Å². The first-order valence-corrected chi connectivity index (χ1v) is 7.95. The fourth-order valence-corrected chi connectivity index (χ4v) is 3.48. The normalized spacial score (nSPS) is 20.6. The molecule has 0 atom stereocenters. The van der Waals surface area contributed by atoms with Crippen molar-refractivity contribution in [2.45, 2.75) is 0 Å². The lowest BCUT2D eigenvalue weighted by molar-refractivity contribution is -0.114. The van der Waals surface area contributed by atoms with Crippen LogP contribution in [0.2, 0.25) is 5.02 Å². The summed E-state index contributed by atoms with van der Waals surface area (Å²) in [5.74, 6) is -1.98. The summed E-state index contributed by atoms with van der Waals surface area (Å²) in [6, 6.07) is 2.73. The van der Waals surface area contributed by atoms with E-state index in [4.69, 9.17) is 11.6 Å². The molecule has 110 valence electrons. The average Bonchev–Trinajstić information content (AvgIpc) is 2.61. The fraction of sp³-hybridized carbons (Fsp3) is 0.167. The molecule has 0 aliphatic carbocycles. The number of sulfone groups is 1. The minimum Gasteiger partial charge on any atom is -0.287 e. The Labute approximate surface area is 124 Å². The molecule has 2 heterocycles. The van der Waals surface area contributed by atoms with Crippen molar-refractivity contribution >= 4 is 39.1 Å². The molecule has 0 spiro atoms. The molecule has 2 aliphatic rings. The quantitative estimate of drug-likeness (QED) is 0.732. The molecular formula is C12H8ClFN2O4S. The van der Waals surface area contributed by atoms with Crippen LogP contribution >= 0.6 is 11.6 Å². The van der Waals surface area contributed by atoms with Crippen molar-refractivity contribution in [3.05, 3.63) is 40.1 Å². The number of carbonyl (C=O) groups is 2. The molecule has 0 N–H and O–H groups in total. The highest BCUT2D eigenvalue weighted by Gasteiger charge is 2.45. The summed E-state index contributed by atoms with van der Waals surface area (Å²) in [6.07, 6.45) is 0. The molecule has 0 radical (unpaired) electrons. The van der Waals surface area contributed by atoms with Crippen LogP contribution in [0.15, 0.2) is 29.3 Å². The lowest BCUT2D eigenvalue weighted by Crippen LogP contribution is -2.36. The Morgan fingerprint density at radius 2 is 1.95 bits per heavy atom. The number of nitrogens with zero attached hydrogens (tertiary/aromatic N) is 2. The Balaban J connectivity index is 2.10. The van der Waals surface area contributed by atoms with Crippen molar-refractivity contribution in [1.29, 1.82) is 0 Å². The van der Waals surface area contributed by atoms with Crippen molar-refractivity contribution in [3.63, 3.8) is 0 Å². The Morgan fingerprint density at radius 1 is 1.24 bits per heavy atom. The first-order valence-electron chi connectivity index (χ1n) is 5.85. The monoisotopic (exact) mass is 330 g/mol. The van der Waals surface area contributed by atoms with Gasteiger partial charge in [0.15, 0.2) is 9.84 Å². The topological polar surface area (TPSA) is 74.8 Å². The second-order valence-corrected chi connectivity index (χ2v) is 6.95. The SMILES string of the molecule is O=C1C2=CS(=O)(=O)CCN2C(=O)N1c1ccc(Cl)cc1F. The lowest BCUT2D eigenvalue weighted by atomic mass is 10.2. The van der Waals surface area contributed by atoms with E-state index in [-0.39, 0.29) is 28.7 Å². The number of hydrogen-bond donors (Lipinski definition) is 0. The zero-order valence-corrected chi connectivity index (χ0v) is 12.0. The van der Waals surface area contributed by atoms with Crippen LogP contribution in [-0.4, -0.2) is 37.6 Å². The first kappa shape index (κ1) is 14.0. The summed E-state index contributed by atoms with van der Waals surface area (Å²) in [5.41, 5.74) is -0.525. The average molecular weight is 331 g/mol. The number of anilines is 1. The second kappa shape index (κ2) is 4.54. The molecule has 0 saturated carbocycles. The smallest absolute Gasteiger partial charge is 0.287 e. The molecule has 6 nitrogen and oxygen atoms in total. The van der Waals surface area contributed by atoms with Gasteiger partial charge < -0.3 is 0 Å². The van der Waals surface area contributed by atoms with Gasteiger partial charge in [0, 0.05) is 11.6 Å². The van der Waals surface area contributed by atoms with E-state index in [1.165, 1.54) is 12.1 Å². The lowest BCUT2D eigenvalue weighted by Gasteiger charge is -2.19. The third-order valence-electron chi connectivity index (χ3n) is 3.18. The van der Waals surface area contributed by atoms with E-state index in [1.54, 1.807) is 0 Å². The van der Waals surface area contributed by atoms with E-state index in [9.17, 15) is 22.4 Å². The summed E-state index contributed by atoms with van der Waals surface area (Å²) < 4.78 is 36.9. The van der Waals surface area contributed by atoms with E-state index in [0.29, 0.717) is 4.90 Å². The number of amides is 3. The predicted octanol–water partition coefficient (Wildman–Crippen LogP) is 1.52. The van der Waals surface area contributed by atoms with Crippen LogP contribution in [-0.2, 0) is 14.6 Å². The molecule has 1 fully saturated rings. The molecule has 3 rings (SSSR count). The Morgan fingerprint density at radius 3 is 2.62 bits per heavy atom. The zero-order valence-electron chi connectivity index (χ0n) is 10.4. The maximum atomic E-state index is 13.9. The minimum atomic E-state index is -3.53. The highest BCUT2D eigenvalue weighted by atomic mass is 35.5. The van der Waals surface area contributed by atoms with Crippen LogP contribution in [0.5, 0.6) is 0 Å². The van der Waals surface area contributed by atoms with E-state index < -0.39 is 27.6 Å². The third-order valence-corrected chi connectivity index (χ3v) is 4.75. The van der Waals surface area contributed by atoms with Gasteiger partial charge in [0.25, 0.3) is 5.91 Å². The second-order valence-electron chi connectivity index (χ2n) is 4.54. The van der Waals surface area contributed by atoms with Crippen LogP contribution in [0.3, 0.4) is 0 Å². The number of rotatable bonds is 1. The minimum absolute atomic E-state index is 0.120. The molecule has 3 amide bonds. The number of imide groups is 1. The van der Waals surface area contributed by atoms with Crippen molar-refractivity contribution in [1.82, 2.24) is 4.90 Å². The van der Waals surface area contributed by atoms with Gasteiger partial charge in [-0.05, 0) is 18.2 Å². The Bertz CT molecular complexity index is 805. The molecule has 0 unspecified atom stereocenters. The van der Waals surface area contributed by atoms with Crippen molar-refractivity contribution in [2.75, 3.05) is 17.2 Å². The van der Waals surface area contributed by atoms with E-state index in [2.05, 4.69) is 0 Å². The predicted molar refractivity (Wildman–Crippen MR) is 72.9 cm³/mol. The van der Waals surface area contributed by atoms with Crippen LogP contribution in [0, 0.1) is 5.82 Å². The number of benzene rings is 1. The van der Waals surface area contributed by atoms with Crippen LogP contribution in [0.25, 0.3) is 0 Å². The molecule has 1 aromatic carbocycles. The molecule has 21 heavy (non-hydrogen) atoms. The summed E-state index contributed by atoms with van der Waals surface area (Å²) >= 11 is 5.63.